The molecule has 0 heterocycles. The number of ether oxygens (including phenoxy) is 1. The third-order valence-electron chi connectivity index (χ3n) is 2.00. The number of esters is 1. The SMILES string of the molecule is C=CCNS(=O)(=O)c1ccccc1C(=O)OC. The molecule has 0 aromatic heterocycles. The zero-order chi connectivity index (χ0) is 12.9. The lowest BCUT2D eigenvalue weighted by Crippen LogP contribution is -2.25. The maximum atomic E-state index is 11.9. The molecule has 0 aliphatic carbocycles. The molecule has 1 aromatic carbocycles. The van der Waals surface area contributed by atoms with E-state index in [1.54, 1.807) is 6.07 Å². The van der Waals surface area contributed by atoms with Gasteiger partial charge < -0.3 is 4.74 Å². The highest BCUT2D eigenvalue weighted by molar-refractivity contribution is 7.89. The Morgan fingerprint density at radius 1 is 1.47 bits per heavy atom. The van der Waals surface area contributed by atoms with Gasteiger partial charge in [-0.15, -0.1) is 6.58 Å². The molecule has 92 valence electrons. The smallest absolute Gasteiger partial charge is 0.339 e. The normalized spacial score (nSPS) is 10.9. The Bertz CT molecular complexity index is 522. The van der Waals surface area contributed by atoms with Gasteiger partial charge in [-0.1, -0.05) is 18.2 Å². The Kier molecular flexibility index (Phi) is 4.42. The minimum absolute atomic E-state index is 0.00608. The first-order valence-corrected chi connectivity index (χ1v) is 6.29. The van der Waals surface area contributed by atoms with Gasteiger partial charge in [0.15, 0.2) is 0 Å². The van der Waals surface area contributed by atoms with Crippen LogP contribution in [0.5, 0.6) is 0 Å². The van der Waals surface area contributed by atoms with E-state index in [1.807, 2.05) is 0 Å². The molecule has 5 nitrogen and oxygen atoms in total. The highest BCUT2D eigenvalue weighted by atomic mass is 32.2. The number of rotatable bonds is 5. The van der Waals surface area contributed by atoms with Gasteiger partial charge in [0.2, 0.25) is 10.0 Å². The number of sulfonamides is 1. The molecule has 0 saturated heterocycles. The molecule has 1 aromatic rings. The van der Waals surface area contributed by atoms with Crippen LogP contribution in [0.15, 0.2) is 41.8 Å². The lowest BCUT2D eigenvalue weighted by Gasteiger charge is -2.08. The molecule has 1 N–H and O–H groups in total. The fraction of sp³-hybridized carbons (Fsp3) is 0.182. The molecule has 0 atom stereocenters. The Morgan fingerprint density at radius 2 is 2.12 bits per heavy atom. The minimum Gasteiger partial charge on any atom is -0.465 e. The summed E-state index contributed by atoms with van der Waals surface area (Å²) in [5.74, 6) is -0.690. The average molecular weight is 255 g/mol. The topological polar surface area (TPSA) is 72.5 Å². The zero-order valence-electron chi connectivity index (χ0n) is 9.34. The first-order chi connectivity index (χ1) is 8.03. The van der Waals surface area contributed by atoms with Gasteiger partial charge in [-0.05, 0) is 12.1 Å². The lowest BCUT2D eigenvalue weighted by molar-refractivity contribution is 0.0596. The van der Waals surface area contributed by atoms with Gasteiger partial charge in [-0.3, -0.25) is 0 Å². The third-order valence-corrected chi connectivity index (χ3v) is 3.48. The first-order valence-electron chi connectivity index (χ1n) is 4.81. The van der Waals surface area contributed by atoms with Crippen molar-refractivity contribution in [3.8, 4) is 0 Å². The van der Waals surface area contributed by atoms with E-state index in [-0.39, 0.29) is 17.0 Å². The maximum absolute atomic E-state index is 11.9. The predicted octanol–water partition coefficient (Wildman–Crippen LogP) is 0.938. The molecule has 0 aliphatic rings. The van der Waals surface area contributed by atoms with Crippen LogP contribution in [0, 0.1) is 0 Å². The van der Waals surface area contributed by atoms with Crippen LogP contribution in [-0.2, 0) is 14.8 Å². The lowest BCUT2D eigenvalue weighted by atomic mass is 10.2. The largest absolute Gasteiger partial charge is 0.465 e. The fourth-order valence-corrected chi connectivity index (χ4v) is 2.42. The molecule has 0 fully saturated rings. The summed E-state index contributed by atoms with van der Waals surface area (Å²) in [6, 6.07) is 5.85. The van der Waals surface area contributed by atoms with Crippen molar-refractivity contribution in [2.45, 2.75) is 4.90 Å². The molecule has 1 rings (SSSR count). The van der Waals surface area contributed by atoms with E-state index < -0.39 is 16.0 Å². The number of carbonyl (C=O) groups excluding carboxylic acids is 1. The van der Waals surface area contributed by atoms with Crippen molar-refractivity contribution in [2.24, 2.45) is 0 Å². The summed E-state index contributed by atoms with van der Waals surface area (Å²) in [6.45, 7) is 3.51. The summed E-state index contributed by atoms with van der Waals surface area (Å²) in [6.07, 6.45) is 1.41. The highest BCUT2D eigenvalue weighted by Gasteiger charge is 2.21. The second-order valence-corrected chi connectivity index (χ2v) is 4.86. The molecule has 0 aliphatic heterocycles. The molecule has 6 heteroatoms. The average Bonchev–Trinajstić information content (AvgIpc) is 2.35. The van der Waals surface area contributed by atoms with Gasteiger partial charge in [-0.25, -0.2) is 17.9 Å². The van der Waals surface area contributed by atoms with Crippen molar-refractivity contribution in [3.05, 3.63) is 42.5 Å². The van der Waals surface area contributed by atoms with E-state index in [0.717, 1.165) is 0 Å². The van der Waals surface area contributed by atoms with Crippen molar-refractivity contribution < 1.29 is 17.9 Å². The van der Waals surface area contributed by atoms with Crippen molar-refractivity contribution in [2.75, 3.05) is 13.7 Å². The molecule has 0 amide bonds. The number of methoxy groups -OCH3 is 1. The molecule has 0 spiro atoms. The summed E-state index contributed by atoms with van der Waals surface area (Å²) in [5, 5.41) is 0. The van der Waals surface area contributed by atoms with Crippen LogP contribution < -0.4 is 4.72 Å². The van der Waals surface area contributed by atoms with Crippen molar-refractivity contribution in [1.82, 2.24) is 4.72 Å². The molecular formula is C11H13NO4S. The maximum Gasteiger partial charge on any atom is 0.339 e. The van der Waals surface area contributed by atoms with Crippen LogP contribution in [0.1, 0.15) is 10.4 Å². The van der Waals surface area contributed by atoms with Crippen LogP contribution in [-0.4, -0.2) is 28.0 Å². The number of hydrogen-bond acceptors (Lipinski definition) is 4. The van der Waals surface area contributed by atoms with Crippen LogP contribution in [0.25, 0.3) is 0 Å². The van der Waals surface area contributed by atoms with E-state index in [4.69, 9.17) is 0 Å². The van der Waals surface area contributed by atoms with E-state index in [2.05, 4.69) is 16.0 Å². The highest BCUT2D eigenvalue weighted by Crippen LogP contribution is 2.15. The van der Waals surface area contributed by atoms with E-state index in [1.165, 1.54) is 31.4 Å². The summed E-state index contributed by atoms with van der Waals surface area (Å²) in [5.41, 5.74) is 0.00608. The first kappa shape index (κ1) is 13.4. The third kappa shape index (κ3) is 3.15. The van der Waals surface area contributed by atoms with Gasteiger partial charge in [0.1, 0.15) is 0 Å². The number of benzene rings is 1. The standard InChI is InChI=1S/C11H13NO4S/c1-3-8-12-17(14,15)10-7-5-4-6-9(10)11(13)16-2/h3-7,12H,1,8H2,2H3. The summed E-state index contributed by atoms with van der Waals surface area (Å²) in [4.78, 5) is 11.3. The number of hydrogen-bond donors (Lipinski definition) is 1. The van der Waals surface area contributed by atoms with Gasteiger partial charge in [-0.2, -0.15) is 0 Å². The quantitative estimate of drug-likeness (QED) is 0.627. The van der Waals surface area contributed by atoms with Gasteiger partial charge in [0, 0.05) is 6.54 Å². The van der Waals surface area contributed by atoms with E-state index >= 15 is 0 Å². The Labute approximate surface area is 100 Å². The molecule has 0 bridgehead atoms. The van der Waals surface area contributed by atoms with E-state index in [9.17, 15) is 13.2 Å². The predicted molar refractivity (Wildman–Crippen MR) is 63.2 cm³/mol. The van der Waals surface area contributed by atoms with Crippen LogP contribution in [0.3, 0.4) is 0 Å². The van der Waals surface area contributed by atoms with E-state index in [0.29, 0.717) is 0 Å². The molecular weight excluding hydrogens is 242 g/mol. The summed E-state index contributed by atoms with van der Waals surface area (Å²) >= 11 is 0. The monoisotopic (exact) mass is 255 g/mol. The molecule has 0 saturated carbocycles. The Hall–Kier alpha value is -1.66. The minimum atomic E-state index is -3.73. The summed E-state index contributed by atoms with van der Waals surface area (Å²) < 4.78 is 30.5. The van der Waals surface area contributed by atoms with Crippen LogP contribution >= 0.6 is 0 Å². The van der Waals surface area contributed by atoms with Crippen LogP contribution in [0.4, 0.5) is 0 Å². The number of carbonyl (C=O) groups is 1. The van der Waals surface area contributed by atoms with Crippen LogP contribution in [0.2, 0.25) is 0 Å². The Morgan fingerprint density at radius 3 is 2.71 bits per heavy atom. The summed E-state index contributed by atoms with van der Waals surface area (Å²) in [7, 11) is -2.53. The Balaban J connectivity index is 3.22. The second kappa shape index (κ2) is 5.60. The van der Waals surface area contributed by atoms with Crippen molar-refractivity contribution >= 4 is 16.0 Å². The second-order valence-electron chi connectivity index (χ2n) is 3.13. The zero-order valence-corrected chi connectivity index (χ0v) is 10.2. The number of nitrogens with one attached hydrogen (secondary N) is 1. The molecule has 0 radical (unpaired) electrons. The fourth-order valence-electron chi connectivity index (χ4n) is 1.23. The molecule has 17 heavy (non-hydrogen) atoms. The van der Waals surface area contributed by atoms with Crippen molar-refractivity contribution in [1.29, 1.82) is 0 Å². The van der Waals surface area contributed by atoms with Gasteiger partial charge in [0.25, 0.3) is 0 Å². The van der Waals surface area contributed by atoms with Crippen molar-refractivity contribution in [3.63, 3.8) is 0 Å². The van der Waals surface area contributed by atoms with Gasteiger partial charge >= 0.3 is 5.97 Å². The molecule has 0 unspecified atom stereocenters. The van der Waals surface area contributed by atoms with Gasteiger partial charge in [0.05, 0.1) is 17.6 Å².